The smallest absolute Gasteiger partial charge is 0.0198 e. The van der Waals surface area contributed by atoms with Gasteiger partial charge in [0.05, 0.1) is 0 Å². The third kappa shape index (κ3) is 3.66. The van der Waals surface area contributed by atoms with E-state index in [4.69, 9.17) is 0 Å². The molecule has 0 amide bonds. The normalized spacial score (nSPS) is 20.6. The number of rotatable bonds is 2. The molecule has 27 heavy (non-hydrogen) atoms. The molecule has 5 rings (SSSR count). The molecule has 0 aromatic heterocycles. The molecule has 0 radical (unpaired) electrons. The fourth-order valence-corrected chi connectivity index (χ4v) is 6.51. The Labute approximate surface area is 175 Å². The first-order valence-corrected chi connectivity index (χ1v) is 11.9. The van der Waals surface area contributed by atoms with Crippen LogP contribution in [0, 0.1) is 5.92 Å². The van der Waals surface area contributed by atoms with Crippen LogP contribution in [0.5, 0.6) is 0 Å². The summed E-state index contributed by atoms with van der Waals surface area (Å²) < 4.78 is 1.19. The lowest BCUT2D eigenvalue weighted by molar-refractivity contribution is 0.244. The second-order valence-corrected chi connectivity index (χ2v) is 10.1. The van der Waals surface area contributed by atoms with Crippen molar-refractivity contribution in [2.24, 2.45) is 5.92 Å². The molecule has 1 fully saturated rings. The van der Waals surface area contributed by atoms with Crippen molar-refractivity contribution in [2.75, 3.05) is 19.6 Å². The summed E-state index contributed by atoms with van der Waals surface area (Å²) >= 11 is 5.65. The molecule has 2 heterocycles. The first kappa shape index (κ1) is 18.0. The monoisotopic (exact) mass is 439 g/mol. The molecular formula is C24H26BrNS. The number of benzene rings is 2. The van der Waals surface area contributed by atoms with E-state index in [9.17, 15) is 0 Å². The van der Waals surface area contributed by atoms with Crippen LogP contribution in [0.4, 0.5) is 0 Å². The quantitative estimate of drug-likeness (QED) is 0.490. The maximum atomic E-state index is 3.72. The van der Waals surface area contributed by atoms with Gasteiger partial charge in [-0.2, -0.15) is 0 Å². The average molecular weight is 440 g/mol. The molecule has 3 aliphatic rings. The lowest BCUT2D eigenvalue weighted by atomic mass is 9.91. The van der Waals surface area contributed by atoms with E-state index in [2.05, 4.69) is 63.3 Å². The molecule has 2 aromatic rings. The molecule has 2 aromatic carbocycles. The van der Waals surface area contributed by atoms with Crippen LogP contribution in [0.15, 0.2) is 56.7 Å². The fraction of sp³-hybridized carbons (Fsp3) is 0.417. The molecule has 1 saturated carbocycles. The van der Waals surface area contributed by atoms with Gasteiger partial charge in [-0.3, -0.25) is 0 Å². The van der Waals surface area contributed by atoms with E-state index in [0.717, 1.165) is 5.92 Å². The molecule has 0 unspecified atom stereocenters. The largest absolute Gasteiger partial charge is 0.302 e. The number of fused-ring (bicyclic) bond motifs is 4. The van der Waals surface area contributed by atoms with Gasteiger partial charge >= 0.3 is 0 Å². The van der Waals surface area contributed by atoms with Crippen LogP contribution in [-0.4, -0.2) is 24.5 Å². The van der Waals surface area contributed by atoms with Crippen molar-refractivity contribution in [3.05, 3.63) is 58.1 Å². The summed E-state index contributed by atoms with van der Waals surface area (Å²) in [6.45, 7) is 3.72. The standard InChI is InChI=1S/C24H26BrNS/c25-18-9-10-24-22(15-18)20-12-14-26(16-17-5-1-2-6-17)13-11-19(20)21-7-3-4-8-23(21)27-24/h3-4,7-10,15,17H,1-2,5-6,11-14,16H2. The van der Waals surface area contributed by atoms with Gasteiger partial charge in [-0.05, 0) is 78.1 Å². The molecule has 3 heteroatoms. The Kier molecular flexibility index (Phi) is 5.19. The van der Waals surface area contributed by atoms with Gasteiger partial charge in [0.25, 0.3) is 0 Å². The van der Waals surface area contributed by atoms with Gasteiger partial charge in [-0.1, -0.05) is 58.7 Å². The zero-order valence-electron chi connectivity index (χ0n) is 15.7. The molecular weight excluding hydrogens is 414 g/mol. The molecule has 1 aliphatic carbocycles. The third-order valence-electron chi connectivity index (χ3n) is 6.41. The van der Waals surface area contributed by atoms with Crippen molar-refractivity contribution < 1.29 is 0 Å². The molecule has 2 aliphatic heterocycles. The summed E-state index contributed by atoms with van der Waals surface area (Å²) in [6.07, 6.45) is 8.11. The van der Waals surface area contributed by atoms with Crippen molar-refractivity contribution in [3.8, 4) is 0 Å². The highest BCUT2D eigenvalue weighted by Gasteiger charge is 2.27. The van der Waals surface area contributed by atoms with E-state index in [1.54, 1.807) is 11.1 Å². The second-order valence-electron chi connectivity index (χ2n) is 8.15. The highest BCUT2D eigenvalue weighted by molar-refractivity contribution is 9.10. The fourth-order valence-electron chi connectivity index (χ4n) is 5.04. The van der Waals surface area contributed by atoms with Crippen LogP contribution in [0.1, 0.15) is 49.7 Å². The van der Waals surface area contributed by atoms with Gasteiger partial charge in [0, 0.05) is 33.9 Å². The van der Waals surface area contributed by atoms with E-state index >= 15 is 0 Å². The molecule has 140 valence electrons. The Bertz CT molecular complexity index is 882. The minimum Gasteiger partial charge on any atom is -0.302 e. The van der Waals surface area contributed by atoms with Crippen LogP contribution >= 0.6 is 27.7 Å². The van der Waals surface area contributed by atoms with Gasteiger partial charge in [0.1, 0.15) is 0 Å². The van der Waals surface area contributed by atoms with Crippen LogP contribution < -0.4 is 0 Å². The Morgan fingerprint density at radius 2 is 1.59 bits per heavy atom. The topological polar surface area (TPSA) is 3.24 Å². The molecule has 0 saturated heterocycles. The van der Waals surface area contributed by atoms with E-state index in [0.29, 0.717) is 0 Å². The van der Waals surface area contributed by atoms with Gasteiger partial charge in [0.15, 0.2) is 0 Å². The Balaban J connectivity index is 1.52. The molecule has 0 N–H and O–H groups in total. The lowest BCUT2D eigenvalue weighted by Crippen LogP contribution is -2.30. The minimum atomic E-state index is 0.937. The number of hydrogen-bond acceptors (Lipinski definition) is 2. The Hall–Kier alpha value is -1.03. The number of nitrogens with zero attached hydrogens (tertiary/aromatic N) is 1. The molecule has 1 nitrogen and oxygen atoms in total. The predicted molar refractivity (Wildman–Crippen MR) is 119 cm³/mol. The molecule has 0 atom stereocenters. The van der Waals surface area contributed by atoms with Crippen molar-refractivity contribution in [2.45, 2.75) is 48.3 Å². The maximum Gasteiger partial charge on any atom is 0.0198 e. The molecule has 0 bridgehead atoms. The first-order chi connectivity index (χ1) is 13.3. The Morgan fingerprint density at radius 3 is 2.41 bits per heavy atom. The summed E-state index contributed by atoms with van der Waals surface area (Å²) in [5.41, 5.74) is 6.08. The van der Waals surface area contributed by atoms with Crippen LogP contribution in [0.2, 0.25) is 0 Å². The predicted octanol–water partition coefficient (Wildman–Crippen LogP) is 7.11. The van der Waals surface area contributed by atoms with Crippen molar-refractivity contribution in [3.63, 3.8) is 0 Å². The van der Waals surface area contributed by atoms with Crippen molar-refractivity contribution in [1.82, 2.24) is 4.90 Å². The zero-order valence-corrected chi connectivity index (χ0v) is 18.1. The van der Waals surface area contributed by atoms with Crippen LogP contribution in [0.25, 0.3) is 11.1 Å². The Morgan fingerprint density at radius 1 is 0.889 bits per heavy atom. The maximum absolute atomic E-state index is 3.72. The summed E-state index contributed by atoms with van der Waals surface area (Å²) in [6, 6.07) is 15.8. The van der Waals surface area contributed by atoms with E-state index < -0.39 is 0 Å². The van der Waals surface area contributed by atoms with Gasteiger partial charge in [-0.15, -0.1) is 0 Å². The van der Waals surface area contributed by atoms with Crippen molar-refractivity contribution in [1.29, 1.82) is 0 Å². The summed E-state index contributed by atoms with van der Waals surface area (Å²) in [5.74, 6) is 0.937. The minimum absolute atomic E-state index is 0.937. The number of hydrogen-bond donors (Lipinski definition) is 0. The SMILES string of the molecule is Brc1ccc2c(c1)C1=C(CCN(CC3CCCC3)CC1)c1ccccc1S2. The summed E-state index contributed by atoms with van der Waals surface area (Å²) in [7, 11) is 0. The first-order valence-electron chi connectivity index (χ1n) is 10.3. The average Bonchev–Trinajstić information content (AvgIpc) is 3.05. The van der Waals surface area contributed by atoms with E-state index in [1.165, 1.54) is 83.5 Å². The van der Waals surface area contributed by atoms with Crippen LogP contribution in [-0.2, 0) is 0 Å². The zero-order chi connectivity index (χ0) is 18.2. The lowest BCUT2D eigenvalue weighted by Gasteiger charge is -2.24. The van der Waals surface area contributed by atoms with E-state index in [-0.39, 0.29) is 0 Å². The summed E-state index contributed by atoms with van der Waals surface area (Å²) in [4.78, 5) is 5.56. The van der Waals surface area contributed by atoms with Crippen molar-refractivity contribution >= 4 is 38.8 Å². The highest BCUT2D eigenvalue weighted by atomic mass is 79.9. The van der Waals surface area contributed by atoms with E-state index in [1.807, 2.05) is 11.8 Å². The molecule has 0 spiro atoms. The number of halogens is 1. The highest BCUT2D eigenvalue weighted by Crippen LogP contribution is 2.47. The van der Waals surface area contributed by atoms with Gasteiger partial charge < -0.3 is 4.90 Å². The summed E-state index contributed by atoms with van der Waals surface area (Å²) in [5, 5.41) is 0. The second kappa shape index (κ2) is 7.77. The third-order valence-corrected chi connectivity index (χ3v) is 8.06. The van der Waals surface area contributed by atoms with Gasteiger partial charge in [0.2, 0.25) is 0 Å². The van der Waals surface area contributed by atoms with Crippen LogP contribution in [0.3, 0.4) is 0 Å². The van der Waals surface area contributed by atoms with Gasteiger partial charge in [-0.25, -0.2) is 0 Å².